The van der Waals surface area contributed by atoms with Crippen LogP contribution >= 0.6 is 11.3 Å². The lowest BCUT2D eigenvalue weighted by Crippen LogP contribution is -2.23. The number of nitrogens with zero attached hydrogens (tertiary/aromatic N) is 1. The molecule has 3 aromatic rings. The minimum Gasteiger partial charge on any atom is -0.493 e. The first kappa shape index (κ1) is 21.3. The fraction of sp³-hybridized carbons (Fsp3) is 0.333. The topological polar surface area (TPSA) is 69.7 Å². The predicted molar refractivity (Wildman–Crippen MR) is 120 cm³/mol. The average Bonchev–Trinajstić information content (AvgIpc) is 3.49. The third-order valence-electron chi connectivity index (χ3n) is 5.11. The summed E-state index contributed by atoms with van der Waals surface area (Å²) >= 11 is 1.50. The van der Waals surface area contributed by atoms with Crippen LogP contribution < -0.4 is 14.8 Å². The van der Waals surface area contributed by atoms with Gasteiger partial charge in [-0.2, -0.15) is 0 Å². The standard InChI is InChI=1S/C24H26N2O4S/c1-28-22-12-18(9-10-21(22)30-15-19-8-5-11-29-19)14-25-24(27)20-16-31-23(26-20)13-17-6-3-2-4-7-17/h2-4,6-7,9-10,12,16,19H,5,8,11,13-15H2,1H3,(H,25,27). The molecule has 6 nitrogen and oxygen atoms in total. The number of benzene rings is 2. The van der Waals surface area contributed by atoms with Crippen LogP contribution in [0.3, 0.4) is 0 Å². The van der Waals surface area contributed by atoms with E-state index in [1.165, 1.54) is 16.9 Å². The second-order valence-electron chi connectivity index (χ2n) is 7.40. The van der Waals surface area contributed by atoms with E-state index >= 15 is 0 Å². The van der Waals surface area contributed by atoms with Gasteiger partial charge < -0.3 is 19.5 Å². The Kier molecular flexibility index (Phi) is 7.17. The molecule has 0 radical (unpaired) electrons. The summed E-state index contributed by atoms with van der Waals surface area (Å²) in [5.41, 5.74) is 2.55. The first-order valence-electron chi connectivity index (χ1n) is 10.4. The van der Waals surface area contributed by atoms with Crippen LogP contribution in [0.5, 0.6) is 11.5 Å². The maximum atomic E-state index is 12.5. The molecule has 31 heavy (non-hydrogen) atoms. The molecule has 1 amide bonds. The zero-order valence-electron chi connectivity index (χ0n) is 17.5. The molecule has 4 rings (SSSR count). The summed E-state index contributed by atoms with van der Waals surface area (Å²) in [5.74, 6) is 1.13. The second-order valence-corrected chi connectivity index (χ2v) is 8.35. The molecule has 0 saturated carbocycles. The number of hydrogen-bond acceptors (Lipinski definition) is 6. The van der Waals surface area contributed by atoms with Gasteiger partial charge in [-0.25, -0.2) is 4.98 Å². The van der Waals surface area contributed by atoms with Gasteiger partial charge in [0.15, 0.2) is 11.5 Å². The van der Waals surface area contributed by atoms with Gasteiger partial charge in [0.05, 0.1) is 18.2 Å². The number of hydrogen-bond donors (Lipinski definition) is 1. The van der Waals surface area contributed by atoms with Gasteiger partial charge in [0.1, 0.15) is 12.3 Å². The summed E-state index contributed by atoms with van der Waals surface area (Å²) in [6.45, 7) is 1.70. The van der Waals surface area contributed by atoms with E-state index in [9.17, 15) is 4.79 Å². The molecule has 1 saturated heterocycles. The largest absolute Gasteiger partial charge is 0.493 e. The van der Waals surface area contributed by atoms with Gasteiger partial charge in [0.25, 0.3) is 5.91 Å². The van der Waals surface area contributed by atoms with Crippen molar-refractivity contribution < 1.29 is 19.0 Å². The number of aromatic nitrogens is 1. The lowest BCUT2D eigenvalue weighted by molar-refractivity contribution is 0.0669. The van der Waals surface area contributed by atoms with Gasteiger partial charge in [-0.1, -0.05) is 36.4 Å². The molecule has 1 aliphatic rings. The fourth-order valence-electron chi connectivity index (χ4n) is 3.44. The quantitative estimate of drug-likeness (QED) is 0.541. The highest BCUT2D eigenvalue weighted by Crippen LogP contribution is 2.29. The van der Waals surface area contributed by atoms with E-state index in [2.05, 4.69) is 22.4 Å². The number of carbonyl (C=O) groups excluding carboxylic acids is 1. The molecule has 1 unspecified atom stereocenters. The van der Waals surface area contributed by atoms with E-state index in [4.69, 9.17) is 14.2 Å². The van der Waals surface area contributed by atoms with E-state index < -0.39 is 0 Å². The number of methoxy groups -OCH3 is 1. The average molecular weight is 439 g/mol. The molecule has 1 atom stereocenters. The molecule has 1 aliphatic heterocycles. The number of carbonyl (C=O) groups is 1. The molecule has 0 spiro atoms. The van der Waals surface area contributed by atoms with Crippen molar-refractivity contribution in [1.82, 2.24) is 10.3 Å². The van der Waals surface area contributed by atoms with Crippen LogP contribution in [0.15, 0.2) is 53.9 Å². The molecule has 0 aliphatic carbocycles. The Balaban J connectivity index is 1.31. The number of ether oxygens (including phenoxy) is 3. The van der Waals surface area contributed by atoms with Crippen molar-refractivity contribution in [3.8, 4) is 11.5 Å². The highest BCUT2D eigenvalue weighted by molar-refractivity contribution is 7.09. The normalized spacial score (nSPS) is 15.6. The molecule has 2 aromatic carbocycles. The molecule has 1 fully saturated rings. The molecule has 7 heteroatoms. The fourth-order valence-corrected chi connectivity index (χ4v) is 4.25. The molecule has 162 valence electrons. The Morgan fingerprint density at radius 3 is 2.84 bits per heavy atom. The van der Waals surface area contributed by atoms with E-state index in [0.717, 1.165) is 36.4 Å². The summed E-state index contributed by atoms with van der Waals surface area (Å²) in [5, 5.41) is 5.65. The molecular formula is C24H26N2O4S. The molecule has 2 heterocycles. The van der Waals surface area contributed by atoms with Crippen molar-refractivity contribution in [2.45, 2.75) is 31.9 Å². The summed E-state index contributed by atoms with van der Waals surface area (Å²) in [6.07, 6.45) is 2.98. The first-order chi connectivity index (χ1) is 15.2. The van der Waals surface area contributed by atoms with Crippen LogP contribution in [-0.2, 0) is 17.7 Å². The molecule has 0 bridgehead atoms. The maximum Gasteiger partial charge on any atom is 0.271 e. The first-order valence-corrected chi connectivity index (χ1v) is 11.3. The van der Waals surface area contributed by atoms with E-state index in [1.807, 2.05) is 36.4 Å². The van der Waals surface area contributed by atoms with Crippen molar-refractivity contribution >= 4 is 17.2 Å². The van der Waals surface area contributed by atoms with Gasteiger partial charge in [-0.05, 0) is 36.1 Å². The van der Waals surface area contributed by atoms with Gasteiger partial charge in [0, 0.05) is 25.0 Å². The Morgan fingerprint density at radius 1 is 1.19 bits per heavy atom. The smallest absolute Gasteiger partial charge is 0.271 e. The second kappa shape index (κ2) is 10.4. The van der Waals surface area contributed by atoms with Gasteiger partial charge in [-0.3, -0.25) is 4.79 Å². The van der Waals surface area contributed by atoms with Crippen LogP contribution in [0.1, 0.15) is 39.5 Å². The minimum absolute atomic E-state index is 0.147. The SMILES string of the molecule is COc1cc(CNC(=O)c2csc(Cc3ccccc3)n2)ccc1OCC1CCCO1. The summed E-state index contributed by atoms with van der Waals surface area (Å²) < 4.78 is 16.9. The number of nitrogens with one attached hydrogen (secondary N) is 1. The Morgan fingerprint density at radius 2 is 2.06 bits per heavy atom. The zero-order chi connectivity index (χ0) is 21.5. The highest BCUT2D eigenvalue weighted by Gasteiger charge is 2.17. The van der Waals surface area contributed by atoms with Crippen LogP contribution in [-0.4, -0.2) is 37.3 Å². The van der Waals surface area contributed by atoms with Crippen LogP contribution in [0.25, 0.3) is 0 Å². The van der Waals surface area contributed by atoms with Crippen LogP contribution in [0.2, 0.25) is 0 Å². The van der Waals surface area contributed by atoms with Crippen molar-refractivity contribution in [3.63, 3.8) is 0 Å². The van der Waals surface area contributed by atoms with Gasteiger partial charge in [-0.15, -0.1) is 11.3 Å². The van der Waals surface area contributed by atoms with Crippen LogP contribution in [0.4, 0.5) is 0 Å². The van der Waals surface area contributed by atoms with Crippen molar-refractivity contribution in [3.05, 3.63) is 75.7 Å². The molecule has 1 aromatic heterocycles. The van der Waals surface area contributed by atoms with Crippen LogP contribution in [0, 0.1) is 0 Å². The minimum atomic E-state index is -0.187. The molecule has 1 N–H and O–H groups in total. The summed E-state index contributed by atoms with van der Waals surface area (Å²) in [6, 6.07) is 15.8. The van der Waals surface area contributed by atoms with Crippen molar-refractivity contribution in [1.29, 1.82) is 0 Å². The van der Waals surface area contributed by atoms with E-state index in [0.29, 0.717) is 30.3 Å². The summed E-state index contributed by atoms with van der Waals surface area (Å²) in [4.78, 5) is 17.0. The Bertz CT molecular complexity index is 1000. The number of thiazole rings is 1. The summed E-state index contributed by atoms with van der Waals surface area (Å²) in [7, 11) is 1.61. The number of amides is 1. The third-order valence-corrected chi connectivity index (χ3v) is 5.96. The van der Waals surface area contributed by atoms with Gasteiger partial charge in [0.2, 0.25) is 0 Å². The lowest BCUT2D eigenvalue weighted by Gasteiger charge is -2.15. The predicted octanol–water partition coefficient (Wildman–Crippen LogP) is 4.23. The van der Waals surface area contributed by atoms with E-state index in [1.54, 1.807) is 12.5 Å². The highest BCUT2D eigenvalue weighted by atomic mass is 32.1. The Hall–Kier alpha value is -2.90. The third kappa shape index (κ3) is 5.83. The van der Waals surface area contributed by atoms with Crippen molar-refractivity contribution in [2.24, 2.45) is 0 Å². The Labute approximate surface area is 186 Å². The molecular weight excluding hydrogens is 412 g/mol. The van der Waals surface area contributed by atoms with Crippen molar-refractivity contribution in [2.75, 3.05) is 20.3 Å². The number of rotatable bonds is 9. The monoisotopic (exact) mass is 438 g/mol. The maximum absolute atomic E-state index is 12.5. The van der Waals surface area contributed by atoms with E-state index in [-0.39, 0.29) is 12.0 Å². The zero-order valence-corrected chi connectivity index (χ0v) is 18.3. The van der Waals surface area contributed by atoms with Gasteiger partial charge >= 0.3 is 0 Å². The lowest BCUT2D eigenvalue weighted by atomic mass is 10.2.